The second-order valence-corrected chi connectivity index (χ2v) is 4.02. The van der Waals surface area contributed by atoms with Gasteiger partial charge in [-0.3, -0.25) is 4.79 Å². The molecule has 0 aliphatic heterocycles. The standard InChI is InChI=1S/C12H14N4O3/c1-16-6-7(13)3-10(16)11(17)15-8-4-9(14-5-8)12(18)19-2/h3-6,14H,13H2,1-2H3,(H,15,17). The molecule has 0 fully saturated rings. The normalized spacial score (nSPS) is 10.2. The smallest absolute Gasteiger partial charge is 0.354 e. The quantitative estimate of drug-likeness (QED) is 0.717. The first-order valence-electron chi connectivity index (χ1n) is 5.51. The van der Waals surface area contributed by atoms with E-state index >= 15 is 0 Å². The lowest BCUT2D eigenvalue weighted by atomic mass is 10.3. The molecule has 7 heteroatoms. The van der Waals surface area contributed by atoms with Crippen LogP contribution in [0.15, 0.2) is 24.5 Å². The summed E-state index contributed by atoms with van der Waals surface area (Å²) < 4.78 is 6.18. The second kappa shape index (κ2) is 4.89. The molecule has 2 heterocycles. The summed E-state index contributed by atoms with van der Waals surface area (Å²) >= 11 is 0. The highest BCUT2D eigenvalue weighted by Gasteiger charge is 2.13. The lowest BCUT2D eigenvalue weighted by molar-refractivity contribution is 0.0594. The number of hydrogen-bond donors (Lipinski definition) is 3. The number of H-pyrrole nitrogens is 1. The number of rotatable bonds is 3. The van der Waals surface area contributed by atoms with Gasteiger partial charge in [-0.15, -0.1) is 0 Å². The number of aromatic amines is 1. The van der Waals surface area contributed by atoms with Gasteiger partial charge in [-0.2, -0.15) is 0 Å². The molecule has 100 valence electrons. The Morgan fingerprint density at radius 2 is 2.16 bits per heavy atom. The molecule has 0 saturated carbocycles. The molecule has 0 spiro atoms. The summed E-state index contributed by atoms with van der Waals surface area (Å²) in [5.74, 6) is -0.807. The Hall–Kier alpha value is -2.70. The lowest BCUT2D eigenvalue weighted by Crippen LogP contribution is -2.14. The maximum absolute atomic E-state index is 12.0. The van der Waals surface area contributed by atoms with Crippen LogP contribution < -0.4 is 11.1 Å². The van der Waals surface area contributed by atoms with Crippen molar-refractivity contribution in [2.75, 3.05) is 18.2 Å². The largest absolute Gasteiger partial charge is 0.464 e. The van der Waals surface area contributed by atoms with Crippen LogP contribution in [0.4, 0.5) is 11.4 Å². The van der Waals surface area contributed by atoms with Crippen molar-refractivity contribution in [1.29, 1.82) is 0 Å². The molecule has 0 radical (unpaired) electrons. The third-order valence-electron chi connectivity index (χ3n) is 2.60. The first-order chi connectivity index (χ1) is 9.01. The summed E-state index contributed by atoms with van der Waals surface area (Å²) in [6.45, 7) is 0. The molecule has 19 heavy (non-hydrogen) atoms. The van der Waals surface area contributed by atoms with Crippen LogP contribution in [-0.2, 0) is 11.8 Å². The van der Waals surface area contributed by atoms with Crippen molar-refractivity contribution in [1.82, 2.24) is 9.55 Å². The number of nitrogens with one attached hydrogen (secondary N) is 2. The maximum Gasteiger partial charge on any atom is 0.354 e. The molecular weight excluding hydrogens is 248 g/mol. The first kappa shape index (κ1) is 12.7. The van der Waals surface area contributed by atoms with E-state index in [0.717, 1.165) is 0 Å². The fourth-order valence-electron chi connectivity index (χ4n) is 1.71. The number of aromatic nitrogens is 2. The SMILES string of the molecule is COC(=O)c1cc(NC(=O)c2cc(N)cn2C)c[nH]1. The number of nitrogens with zero attached hydrogens (tertiary/aromatic N) is 1. The average Bonchev–Trinajstić information content (AvgIpc) is 2.95. The van der Waals surface area contributed by atoms with Gasteiger partial charge >= 0.3 is 5.97 Å². The minimum absolute atomic E-state index is 0.268. The van der Waals surface area contributed by atoms with E-state index in [4.69, 9.17) is 5.73 Å². The molecule has 0 bridgehead atoms. The molecule has 7 nitrogen and oxygen atoms in total. The third kappa shape index (κ3) is 2.59. The van der Waals surface area contributed by atoms with Gasteiger partial charge in [0.1, 0.15) is 11.4 Å². The van der Waals surface area contributed by atoms with Crippen LogP contribution in [0.5, 0.6) is 0 Å². The van der Waals surface area contributed by atoms with E-state index in [1.54, 1.807) is 23.9 Å². The Bertz CT molecular complexity index is 627. The second-order valence-electron chi connectivity index (χ2n) is 4.02. The van der Waals surface area contributed by atoms with E-state index < -0.39 is 5.97 Å². The lowest BCUT2D eigenvalue weighted by Gasteiger charge is -2.03. The molecule has 0 saturated heterocycles. The highest BCUT2D eigenvalue weighted by atomic mass is 16.5. The number of nitrogen functional groups attached to an aromatic ring is 1. The van der Waals surface area contributed by atoms with Crippen molar-refractivity contribution in [2.24, 2.45) is 7.05 Å². The zero-order valence-electron chi connectivity index (χ0n) is 10.6. The van der Waals surface area contributed by atoms with Crippen molar-refractivity contribution in [3.05, 3.63) is 35.9 Å². The highest BCUT2D eigenvalue weighted by Crippen LogP contribution is 2.14. The van der Waals surface area contributed by atoms with Gasteiger partial charge in [0.25, 0.3) is 5.91 Å². The molecule has 4 N–H and O–H groups in total. The summed E-state index contributed by atoms with van der Waals surface area (Å²) in [5.41, 5.74) is 7.29. The molecule has 2 aromatic rings. The number of hydrogen-bond acceptors (Lipinski definition) is 4. The van der Waals surface area contributed by atoms with Crippen LogP contribution in [0.2, 0.25) is 0 Å². The summed E-state index contributed by atoms with van der Waals surface area (Å²) in [7, 11) is 3.01. The van der Waals surface area contributed by atoms with Gasteiger partial charge in [-0.1, -0.05) is 0 Å². The number of esters is 1. The number of nitrogens with two attached hydrogens (primary N) is 1. The zero-order valence-corrected chi connectivity index (χ0v) is 10.6. The predicted molar refractivity (Wildman–Crippen MR) is 69.9 cm³/mol. The van der Waals surface area contributed by atoms with Crippen LogP contribution in [-0.4, -0.2) is 28.5 Å². The van der Waals surface area contributed by atoms with E-state index in [1.807, 2.05) is 0 Å². The zero-order chi connectivity index (χ0) is 14.0. The van der Waals surface area contributed by atoms with Crippen molar-refractivity contribution < 1.29 is 14.3 Å². The molecule has 2 rings (SSSR count). The number of amides is 1. The van der Waals surface area contributed by atoms with Crippen LogP contribution >= 0.6 is 0 Å². The van der Waals surface area contributed by atoms with Crippen LogP contribution in [0.1, 0.15) is 21.0 Å². The highest BCUT2D eigenvalue weighted by molar-refractivity contribution is 6.04. The van der Waals surface area contributed by atoms with Crippen LogP contribution in [0, 0.1) is 0 Å². The monoisotopic (exact) mass is 262 g/mol. The fourth-order valence-corrected chi connectivity index (χ4v) is 1.71. The Morgan fingerprint density at radius 3 is 2.74 bits per heavy atom. The van der Waals surface area contributed by atoms with Gasteiger partial charge in [0.2, 0.25) is 0 Å². The third-order valence-corrected chi connectivity index (χ3v) is 2.60. The van der Waals surface area contributed by atoms with Gasteiger partial charge in [-0.05, 0) is 12.1 Å². The minimum Gasteiger partial charge on any atom is -0.464 e. The van der Waals surface area contributed by atoms with Crippen molar-refractivity contribution in [2.45, 2.75) is 0 Å². The molecule has 0 aliphatic rings. The van der Waals surface area contributed by atoms with Gasteiger partial charge in [0.15, 0.2) is 0 Å². The Labute approximate surface area is 109 Å². The van der Waals surface area contributed by atoms with Crippen LogP contribution in [0.25, 0.3) is 0 Å². The number of carbonyl (C=O) groups is 2. The topological polar surface area (TPSA) is 102 Å². The van der Waals surface area contributed by atoms with E-state index in [2.05, 4.69) is 15.0 Å². The van der Waals surface area contributed by atoms with Gasteiger partial charge in [0, 0.05) is 19.4 Å². The number of carbonyl (C=O) groups excluding carboxylic acids is 2. The first-order valence-corrected chi connectivity index (χ1v) is 5.51. The number of methoxy groups -OCH3 is 1. The van der Waals surface area contributed by atoms with Crippen LogP contribution in [0.3, 0.4) is 0 Å². The molecule has 0 aliphatic carbocycles. The van der Waals surface area contributed by atoms with Gasteiger partial charge in [0.05, 0.1) is 18.5 Å². The molecule has 0 atom stereocenters. The Kier molecular flexibility index (Phi) is 3.28. The van der Waals surface area contributed by atoms with E-state index in [-0.39, 0.29) is 11.6 Å². The minimum atomic E-state index is -0.497. The predicted octanol–water partition coefficient (Wildman–Crippen LogP) is 0.974. The van der Waals surface area contributed by atoms with Crippen molar-refractivity contribution >= 4 is 23.3 Å². The van der Waals surface area contributed by atoms with E-state index in [9.17, 15) is 9.59 Å². The number of anilines is 2. The number of aryl methyl sites for hydroxylation is 1. The summed E-state index contributed by atoms with van der Waals surface area (Å²) in [6.07, 6.45) is 3.16. The van der Waals surface area contributed by atoms with Gasteiger partial charge < -0.3 is 25.3 Å². The Morgan fingerprint density at radius 1 is 1.42 bits per heavy atom. The molecule has 1 amide bonds. The van der Waals surface area contributed by atoms with Gasteiger partial charge in [-0.25, -0.2) is 4.79 Å². The average molecular weight is 262 g/mol. The molecule has 0 unspecified atom stereocenters. The summed E-state index contributed by atoms with van der Waals surface area (Å²) in [4.78, 5) is 25.9. The van der Waals surface area contributed by atoms with Crippen molar-refractivity contribution in [3.8, 4) is 0 Å². The summed E-state index contributed by atoms with van der Waals surface area (Å²) in [6, 6.07) is 3.07. The summed E-state index contributed by atoms with van der Waals surface area (Å²) in [5, 5.41) is 2.66. The number of ether oxygens (including phenoxy) is 1. The van der Waals surface area contributed by atoms with E-state index in [1.165, 1.54) is 19.4 Å². The van der Waals surface area contributed by atoms with Crippen molar-refractivity contribution in [3.63, 3.8) is 0 Å². The molecular formula is C12H14N4O3. The molecule has 2 aromatic heterocycles. The molecule has 0 aromatic carbocycles. The Balaban J connectivity index is 2.13. The maximum atomic E-state index is 12.0. The fraction of sp³-hybridized carbons (Fsp3) is 0.167. The van der Waals surface area contributed by atoms with E-state index in [0.29, 0.717) is 17.1 Å².